The highest BCUT2D eigenvalue weighted by molar-refractivity contribution is 5.81. The number of likely N-dealkylation sites (N-methyl/N-ethyl adjacent to an activating group) is 1. The number of carbonyl (C=O) groups is 1. The van der Waals surface area contributed by atoms with Crippen molar-refractivity contribution in [1.29, 1.82) is 0 Å². The van der Waals surface area contributed by atoms with Crippen LogP contribution in [0.1, 0.15) is 37.8 Å². The average Bonchev–Trinajstić information content (AvgIpc) is 2.78. The predicted octanol–water partition coefficient (Wildman–Crippen LogP) is 4.62. The van der Waals surface area contributed by atoms with Crippen molar-refractivity contribution in [3.05, 3.63) is 77.6 Å². The first kappa shape index (κ1) is 24.7. The number of nitrogens with one attached hydrogen (secondary N) is 1. The van der Waals surface area contributed by atoms with Crippen LogP contribution in [-0.4, -0.2) is 43.3 Å². The van der Waals surface area contributed by atoms with Crippen molar-refractivity contribution in [3.63, 3.8) is 0 Å². The maximum atomic E-state index is 13.4. The van der Waals surface area contributed by atoms with E-state index in [1.807, 2.05) is 56.7 Å². The van der Waals surface area contributed by atoms with Crippen LogP contribution in [0.4, 0.5) is 4.39 Å². The van der Waals surface area contributed by atoms with Gasteiger partial charge in [0.25, 0.3) is 0 Å². The number of benzene rings is 2. The molecule has 6 heteroatoms. The molecule has 0 spiro atoms. The average molecular weight is 429 g/mol. The molecule has 0 saturated heterocycles. The normalized spacial score (nSPS) is 15.6. The van der Waals surface area contributed by atoms with Gasteiger partial charge in [0.15, 0.2) is 0 Å². The van der Waals surface area contributed by atoms with E-state index in [-0.39, 0.29) is 5.82 Å². The van der Waals surface area contributed by atoms with Gasteiger partial charge in [-0.3, -0.25) is 10.0 Å². The topological polar surface area (TPSA) is 61.8 Å². The zero-order valence-electron chi connectivity index (χ0n) is 18.8. The van der Waals surface area contributed by atoms with E-state index in [0.717, 1.165) is 17.7 Å². The first-order chi connectivity index (χ1) is 14.7. The van der Waals surface area contributed by atoms with Crippen LogP contribution in [0.5, 0.6) is 0 Å². The molecule has 0 bridgehead atoms. The molecule has 0 saturated carbocycles. The molecule has 2 atom stereocenters. The Morgan fingerprint density at radius 1 is 1.16 bits per heavy atom. The summed E-state index contributed by atoms with van der Waals surface area (Å²) in [6, 6.07) is 16.1. The second-order valence-electron chi connectivity index (χ2n) is 8.45. The van der Waals surface area contributed by atoms with Gasteiger partial charge in [-0.2, -0.15) is 0 Å². The molecule has 168 valence electrons. The third-order valence-corrected chi connectivity index (χ3v) is 5.85. The van der Waals surface area contributed by atoms with Crippen molar-refractivity contribution in [2.24, 2.45) is 5.41 Å². The molecule has 0 aliphatic rings. The van der Waals surface area contributed by atoms with Crippen LogP contribution in [0, 0.1) is 11.2 Å². The van der Waals surface area contributed by atoms with Crippen molar-refractivity contribution >= 4 is 12.0 Å². The number of rotatable bonds is 11. The van der Waals surface area contributed by atoms with Crippen LogP contribution in [-0.2, 0) is 15.1 Å². The first-order valence-corrected chi connectivity index (χ1v) is 10.4. The lowest BCUT2D eigenvalue weighted by Crippen LogP contribution is -2.44. The number of nitrogens with zero attached hydrogens (tertiary/aromatic N) is 1. The lowest BCUT2D eigenvalue weighted by molar-refractivity contribution is -0.145. The zero-order chi connectivity index (χ0) is 22.9. The highest BCUT2D eigenvalue weighted by Gasteiger charge is 2.41. The van der Waals surface area contributed by atoms with Gasteiger partial charge >= 0.3 is 0 Å². The molecule has 2 N–H and O–H groups in total. The van der Waals surface area contributed by atoms with Crippen molar-refractivity contribution in [2.45, 2.75) is 32.3 Å². The molecule has 2 aromatic carbocycles. The van der Waals surface area contributed by atoms with E-state index in [0.29, 0.717) is 19.4 Å². The Kier molecular flexibility index (Phi) is 8.92. The molecule has 0 heterocycles. The number of hydrogen-bond acceptors (Lipinski definition) is 4. The minimum atomic E-state index is -0.898. The van der Waals surface area contributed by atoms with E-state index >= 15 is 0 Å². The van der Waals surface area contributed by atoms with Crippen molar-refractivity contribution in [2.75, 3.05) is 27.2 Å². The zero-order valence-corrected chi connectivity index (χ0v) is 18.8. The van der Waals surface area contributed by atoms with E-state index in [1.165, 1.54) is 12.1 Å². The first-order valence-electron chi connectivity index (χ1n) is 10.4. The number of halogens is 1. The molecular weight excluding hydrogens is 395 g/mol. The molecule has 0 aromatic heterocycles. The van der Waals surface area contributed by atoms with Gasteiger partial charge in [-0.1, -0.05) is 61.5 Å². The van der Waals surface area contributed by atoms with Crippen molar-refractivity contribution < 1.29 is 19.1 Å². The van der Waals surface area contributed by atoms with Gasteiger partial charge in [0.05, 0.1) is 11.0 Å². The third kappa shape index (κ3) is 6.99. The Balaban J connectivity index is 2.07. The number of hydroxylamine groups is 1. The minimum Gasteiger partial charge on any atom is -0.374 e. The molecule has 0 unspecified atom stereocenters. The summed E-state index contributed by atoms with van der Waals surface area (Å²) in [6.07, 6.45) is 4.97. The molecule has 2 rings (SSSR count). The summed E-state index contributed by atoms with van der Waals surface area (Å²) in [4.78, 5) is 14.7. The summed E-state index contributed by atoms with van der Waals surface area (Å²) in [6.45, 7) is 5.06. The van der Waals surface area contributed by atoms with Gasteiger partial charge in [0.2, 0.25) is 5.91 Å². The fourth-order valence-corrected chi connectivity index (χ4v) is 3.72. The smallest absolute Gasteiger partial charge is 0.249 e. The Morgan fingerprint density at radius 3 is 2.39 bits per heavy atom. The molecule has 5 nitrogen and oxygen atoms in total. The van der Waals surface area contributed by atoms with Crippen LogP contribution in [0.25, 0.3) is 6.08 Å². The fourth-order valence-electron chi connectivity index (χ4n) is 3.72. The molecule has 1 amide bonds. The summed E-state index contributed by atoms with van der Waals surface area (Å²) >= 11 is 0. The Bertz CT molecular complexity index is 857. The maximum absolute atomic E-state index is 13.4. The molecule has 2 aromatic rings. The molecule has 31 heavy (non-hydrogen) atoms. The van der Waals surface area contributed by atoms with E-state index < -0.39 is 16.9 Å². The van der Waals surface area contributed by atoms with Crippen LogP contribution < -0.4 is 5.48 Å². The third-order valence-electron chi connectivity index (χ3n) is 5.85. The van der Waals surface area contributed by atoms with E-state index in [1.54, 1.807) is 19.2 Å². The van der Waals surface area contributed by atoms with Crippen LogP contribution in [0.3, 0.4) is 0 Å². The Morgan fingerprint density at radius 2 is 1.81 bits per heavy atom. The summed E-state index contributed by atoms with van der Waals surface area (Å²) in [7, 11) is 3.56. The molecule has 0 aliphatic carbocycles. The Labute approximate surface area is 184 Å². The molecule has 0 aliphatic heterocycles. The highest BCUT2D eigenvalue weighted by atomic mass is 19.1. The number of ether oxygens (including phenoxy) is 1. The monoisotopic (exact) mass is 428 g/mol. The second-order valence-corrected chi connectivity index (χ2v) is 8.45. The number of methoxy groups -OCH3 is 1. The SMILES string of the molecule is CO[C@@](C)(C[C@@](C)(CCN(C)C/C=C/c1ccccc1)C(=O)NO)c1ccc(F)cc1. The minimum absolute atomic E-state index is 0.322. The van der Waals surface area contributed by atoms with Crippen LogP contribution in [0.2, 0.25) is 0 Å². The van der Waals surface area contributed by atoms with Gasteiger partial charge in [-0.15, -0.1) is 0 Å². The maximum Gasteiger partial charge on any atom is 0.249 e. The van der Waals surface area contributed by atoms with E-state index in [2.05, 4.69) is 17.1 Å². The van der Waals surface area contributed by atoms with E-state index in [9.17, 15) is 14.4 Å². The summed E-state index contributed by atoms with van der Waals surface area (Å²) in [5, 5.41) is 9.36. The summed E-state index contributed by atoms with van der Waals surface area (Å²) < 4.78 is 19.1. The van der Waals surface area contributed by atoms with Gasteiger partial charge in [0, 0.05) is 13.7 Å². The quantitative estimate of drug-likeness (QED) is 0.405. The largest absolute Gasteiger partial charge is 0.374 e. The van der Waals surface area contributed by atoms with Gasteiger partial charge in [0.1, 0.15) is 5.82 Å². The van der Waals surface area contributed by atoms with Crippen molar-refractivity contribution in [1.82, 2.24) is 10.4 Å². The fraction of sp³-hybridized carbons (Fsp3) is 0.400. The summed E-state index contributed by atoms with van der Waals surface area (Å²) in [5.41, 5.74) is 2.00. The second kappa shape index (κ2) is 11.2. The van der Waals surface area contributed by atoms with Crippen LogP contribution in [0.15, 0.2) is 60.7 Å². The van der Waals surface area contributed by atoms with Crippen LogP contribution >= 0.6 is 0 Å². The van der Waals surface area contributed by atoms with Gasteiger partial charge in [-0.25, -0.2) is 9.87 Å². The highest BCUT2D eigenvalue weighted by Crippen LogP contribution is 2.40. The lowest BCUT2D eigenvalue weighted by atomic mass is 9.73. The van der Waals surface area contributed by atoms with Gasteiger partial charge < -0.3 is 9.64 Å². The molecule has 0 fully saturated rings. The Hall–Kier alpha value is -2.54. The number of amides is 1. The summed E-state index contributed by atoms with van der Waals surface area (Å²) in [5.74, 6) is -0.797. The van der Waals surface area contributed by atoms with Crippen molar-refractivity contribution in [3.8, 4) is 0 Å². The predicted molar refractivity (Wildman–Crippen MR) is 121 cm³/mol. The molecule has 0 radical (unpaired) electrons. The number of carbonyl (C=O) groups excluding carboxylic acids is 1. The van der Waals surface area contributed by atoms with E-state index in [4.69, 9.17) is 4.74 Å². The standard InChI is InChI=1S/C25H33FN2O3/c1-24(23(29)27-30,19-25(2,31-4)21-12-14-22(26)15-13-21)16-18-28(3)17-8-11-20-9-6-5-7-10-20/h5-15,30H,16-19H2,1-4H3,(H,27,29)/b11-8+/t24-,25+/m1/s1. The lowest BCUT2D eigenvalue weighted by Gasteiger charge is -2.38. The number of hydrogen-bond donors (Lipinski definition) is 2. The molecular formula is C25H33FN2O3. The van der Waals surface area contributed by atoms with Gasteiger partial charge in [-0.05, 0) is 56.6 Å².